The van der Waals surface area contributed by atoms with Gasteiger partial charge < -0.3 is 4.57 Å². The number of pyridine rings is 1. The van der Waals surface area contributed by atoms with E-state index in [1.54, 1.807) is 0 Å². The third-order valence-electron chi connectivity index (χ3n) is 4.69. The van der Waals surface area contributed by atoms with Crippen LogP contribution in [-0.2, 0) is 0 Å². The summed E-state index contributed by atoms with van der Waals surface area (Å²) in [6, 6.07) is 17.5. The minimum atomic E-state index is 1.06. The summed E-state index contributed by atoms with van der Waals surface area (Å²) in [4.78, 5) is 4.60. The second-order valence-electron chi connectivity index (χ2n) is 6.37. The maximum atomic E-state index is 4.60. The third-order valence-corrected chi connectivity index (χ3v) is 4.69. The van der Waals surface area contributed by atoms with E-state index in [0.717, 1.165) is 11.4 Å². The number of hydrogen-bond acceptors (Lipinski definition) is 1. The monoisotopic (exact) mass is 300 g/mol. The Morgan fingerprint density at radius 3 is 2.35 bits per heavy atom. The molecule has 0 amide bonds. The Kier molecular flexibility index (Phi) is 3.02. The molecule has 2 nitrogen and oxygen atoms in total. The average molecular weight is 300 g/mol. The lowest BCUT2D eigenvalue weighted by Gasteiger charge is -2.14. The van der Waals surface area contributed by atoms with Gasteiger partial charge >= 0.3 is 0 Å². The van der Waals surface area contributed by atoms with Gasteiger partial charge in [0.25, 0.3) is 0 Å². The van der Waals surface area contributed by atoms with Crippen LogP contribution in [0, 0.1) is 27.7 Å². The molecule has 0 radical (unpaired) electrons. The Balaban J connectivity index is 2.22. The topological polar surface area (TPSA) is 17.8 Å². The van der Waals surface area contributed by atoms with E-state index < -0.39 is 0 Å². The van der Waals surface area contributed by atoms with Crippen LogP contribution in [0.25, 0.3) is 27.5 Å². The van der Waals surface area contributed by atoms with Gasteiger partial charge in [-0.1, -0.05) is 29.8 Å². The number of aromatic nitrogens is 2. The summed E-state index contributed by atoms with van der Waals surface area (Å²) < 4.78 is 2.38. The van der Waals surface area contributed by atoms with Crippen molar-refractivity contribution in [3.8, 4) is 5.69 Å². The molecule has 114 valence electrons. The Labute approximate surface area is 136 Å². The SMILES string of the molecule is Cc1ccc2c(c1)c1ccccc1n2-c1cc(C)nc(C)c1C. The first kappa shape index (κ1) is 14.0. The van der Waals surface area contributed by atoms with Crippen molar-refractivity contribution in [2.45, 2.75) is 27.7 Å². The van der Waals surface area contributed by atoms with Crippen molar-refractivity contribution in [1.82, 2.24) is 9.55 Å². The fourth-order valence-electron chi connectivity index (χ4n) is 3.45. The molecule has 0 N–H and O–H groups in total. The molecule has 0 saturated heterocycles. The van der Waals surface area contributed by atoms with Crippen LogP contribution < -0.4 is 0 Å². The van der Waals surface area contributed by atoms with Crippen LogP contribution >= 0.6 is 0 Å². The van der Waals surface area contributed by atoms with E-state index >= 15 is 0 Å². The van der Waals surface area contributed by atoms with E-state index in [1.807, 2.05) is 0 Å². The summed E-state index contributed by atoms with van der Waals surface area (Å²) >= 11 is 0. The Hall–Kier alpha value is -2.61. The maximum Gasteiger partial charge on any atom is 0.0541 e. The van der Waals surface area contributed by atoms with E-state index in [4.69, 9.17) is 0 Å². The fraction of sp³-hybridized carbons (Fsp3) is 0.190. The lowest BCUT2D eigenvalue weighted by Crippen LogP contribution is -2.02. The van der Waals surface area contributed by atoms with Crippen molar-refractivity contribution >= 4 is 21.8 Å². The zero-order valence-corrected chi connectivity index (χ0v) is 14.0. The molecule has 0 atom stereocenters. The molecule has 4 rings (SSSR count). The molecule has 2 aromatic carbocycles. The van der Waals surface area contributed by atoms with Gasteiger partial charge in [-0.3, -0.25) is 4.98 Å². The Bertz CT molecular complexity index is 1050. The quantitative estimate of drug-likeness (QED) is 0.459. The lowest BCUT2D eigenvalue weighted by atomic mass is 10.1. The first-order chi connectivity index (χ1) is 11.1. The van der Waals surface area contributed by atoms with Crippen LogP contribution in [0.2, 0.25) is 0 Å². The molecule has 23 heavy (non-hydrogen) atoms. The number of nitrogens with zero attached hydrogens (tertiary/aromatic N) is 2. The van der Waals surface area contributed by atoms with Gasteiger partial charge in [-0.2, -0.15) is 0 Å². The molecular formula is C21H20N2. The van der Waals surface area contributed by atoms with E-state index in [9.17, 15) is 0 Å². The van der Waals surface area contributed by atoms with Gasteiger partial charge in [-0.05, 0) is 57.5 Å². The minimum Gasteiger partial charge on any atom is -0.309 e. The van der Waals surface area contributed by atoms with Crippen LogP contribution in [-0.4, -0.2) is 9.55 Å². The van der Waals surface area contributed by atoms with Crippen molar-refractivity contribution in [1.29, 1.82) is 0 Å². The minimum absolute atomic E-state index is 1.06. The summed E-state index contributed by atoms with van der Waals surface area (Å²) in [5.41, 5.74) is 8.41. The molecular weight excluding hydrogens is 280 g/mol. The number of fused-ring (bicyclic) bond motifs is 3. The van der Waals surface area contributed by atoms with Gasteiger partial charge in [0.2, 0.25) is 0 Å². The van der Waals surface area contributed by atoms with Crippen LogP contribution in [0.3, 0.4) is 0 Å². The first-order valence-electron chi connectivity index (χ1n) is 8.01. The van der Waals surface area contributed by atoms with Gasteiger partial charge in [-0.15, -0.1) is 0 Å². The molecule has 0 aliphatic carbocycles. The highest BCUT2D eigenvalue weighted by Gasteiger charge is 2.14. The van der Waals surface area contributed by atoms with E-state index in [0.29, 0.717) is 0 Å². The third kappa shape index (κ3) is 2.06. The standard InChI is InChI=1S/C21H20N2/c1-13-9-10-20-18(11-13)17-7-5-6-8-19(17)23(20)21-12-14(2)22-16(4)15(21)3/h5-12H,1-4H3. The predicted octanol–water partition coefficient (Wildman–Crippen LogP) is 5.41. The van der Waals surface area contributed by atoms with Gasteiger partial charge in [-0.25, -0.2) is 0 Å². The molecule has 0 aliphatic rings. The highest BCUT2D eigenvalue weighted by atomic mass is 15.0. The van der Waals surface area contributed by atoms with Crippen molar-refractivity contribution in [2.24, 2.45) is 0 Å². The Morgan fingerprint density at radius 2 is 1.52 bits per heavy atom. The van der Waals surface area contributed by atoms with E-state index in [2.05, 4.69) is 85.8 Å². The van der Waals surface area contributed by atoms with Gasteiger partial charge in [0.1, 0.15) is 0 Å². The maximum absolute atomic E-state index is 4.60. The molecule has 0 saturated carbocycles. The van der Waals surface area contributed by atoms with Crippen LogP contribution in [0.1, 0.15) is 22.5 Å². The summed E-state index contributed by atoms with van der Waals surface area (Å²) in [5, 5.41) is 2.62. The molecule has 2 aromatic heterocycles. The number of aryl methyl sites for hydroxylation is 3. The smallest absolute Gasteiger partial charge is 0.0541 e. The highest BCUT2D eigenvalue weighted by molar-refractivity contribution is 6.09. The Morgan fingerprint density at radius 1 is 0.783 bits per heavy atom. The highest BCUT2D eigenvalue weighted by Crippen LogP contribution is 2.33. The first-order valence-corrected chi connectivity index (χ1v) is 8.01. The van der Waals surface area contributed by atoms with Crippen LogP contribution in [0.4, 0.5) is 0 Å². The number of rotatable bonds is 1. The van der Waals surface area contributed by atoms with Gasteiger partial charge in [0.15, 0.2) is 0 Å². The predicted molar refractivity (Wildman–Crippen MR) is 97.5 cm³/mol. The van der Waals surface area contributed by atoms with Crippen molar-refractivity contribution in [3.05, 3.63) is 71.0 Å². The summed E-state index contributed by atoms with van der Waals surface area (Å²) in [7, 11) is 0. The normalized spacial score (nSPS) is 11.5. The van der Waals surface area contributed by atoms with Crippen LogP contribution in [0.5, 0.6) is 0 Å². The fourth-order valence-corrected chi connectivity index (χ4v) is 3.45. The average Bonchev–Trinajstić information content (AvgIpc) is 2.85. The second-order valence-corrected chi connectivity index (χ2v) is 6.37. The number of benzene rings is 2. The van der Waals surface area contributed by atoms with Gasteiger partial charge in [0.05, 0.1) is 16.7 Å². The largest absolute Gasteiger partial charge is 0.309 e. The molecule has 0 fully saturated rings. The van der Waals surface area contributed by atoms with E-state index in [-0.39, 0.29) is 0 Å². The summed E-state index contributed by atoms with van der Waals surface area (Å²) in [6.45, 7) is 8.46. The molecule has 4 aromatic rings. The number of hydrogen-bond donors (Lipinski definition) is 0. The molecule has 2 heterocycles. The van der Waals surface area contributed by atoms with Gasteiger partial charge in [0, 0.05) is 22.2 Å². The van der Waals surface area contributed by atoms with Crippen molar-refractivity contribution < 1.29 is 0 Å². The van der Waals surface area contributed by atoms with Crippen molar-refractivity contribution in [2.75, 3.05) is 0 Å². The zero-order valence-electron chi connectivity index (χ0n) is 14.0. The zero-order chi connectivity index (χ0) is 16.1. The molecule has 0 unspecified atom stereocenters. The number of para-hydroxylation sites is 1. The molecule has 2 heteroatoms. The van der Waals surface area contributed by atoms with Crippen LogP contribution in [0.15, 0.2) is 48.5 Å². The molecule has 0 spiro atoms. The second kappa shape index (κ2) is 4.95. The lowest BCUT2D eigenvalue weighted by molar-refractivity contribution is 1.04. The summed E-state index contributed by atoms with van der Waals surface area (Å²) in [5.74, 6) is 0. The summed E-state index contributed by atoms with van der Waals surface area (Å²) in [6.07, 6.45) is 0. The molecule has 0 aliphatic heterocycles. The van der Waals surface area contributed by atoms with E-state index in [1.165, 1.54) is 38.6 Å². The molecule has 0 bridgehead atoms. The van der Waals surface area contributed by atoms with Crippen molar-refractivity contribution in [3.63, 3.8) is 0 Å².